The lowest BCUT2D eigenvalue weighted by Crippen LogP contribution is -2.37. The van der Waals surface area contributed by atoms with Gasteiger partial charge in [0.05, 0.1) is 11.4 Å². The molecule has 0 radical (unpaired) electrons. The number of nitrogens with one attached hydrogen (secondary N) is 1. The molecule has 2 aliphatic heterocycles. The van der Waals surface area contributed by atoms with Gasteiger partial charge in [0.2, 0.25) is 5.91 Å². The lowest BCUT2D eigenvalue weighted by atomic mass is 10.00. The first-order valence-electron chi connectivity index (χ1n) is 7.88. The first kappa shape index (κ1) is 15.8. The molecular weight excluding hydrogens is 342 g/mol. The fourth-order valence-electron chi connectivity index (χ4n) is 3.04. The highest BCUT2D eigenvalue weighted by molar-refractivity contribution is 7.99. The Kier molecular flexibility index (Phi) is 4.37. The van der Waals surface area contributed by atoms with Gasteiger partial charge in [-0.3, -0.25) is 9.59 Å². The van der Waals surface area contributed by atoms with Crippen molar-refractivity contribution in [2.45, 2.75) is 29.6 Å². The molecule has 1 N–H and O–H groups in total. The zero-order chi connectivity index (χ0) is 16.5. The number of rotatable bonds is 3. The molecule has 5 nitrogen and oxygen atoms in total. The van der Waals surface area contributed by atoms with Crippen molar-refractivity contribution in [1.29, 1.82) is 0 Å². The molecule has 24 heavy (non-hydrogen) atoms. The number of benzene rings is 1. The highest BCUT2D eigenvalue weighted by Gasteiger charge is 2.22. The molecule has 1 aromatic carbocycles. The van der Waals surface area contributed by atoms with Crippen LogP contribution in [-0.2, 0) is 29.3 Å². The Morgan fingerprint density at radius 3 is 3.00 bits per heavy atom. The summed E-state index contributed by atoms with van der Waals surface area (Å²) in [7, 11) is 0. The highest BCUT2D eigenvalue weighted by atomic mass is 32.2. The molecule has 0 fully saturated rings. The summed E-state index contributed by atoms with van der Waals surface area (Å²) < 4.78 is 0. The molecule has 124 valence electrons. The van der Waals surface area contributed by atoms with Gasteiger partial charge in [0.1, 0.15) is 0 Å². The summed E-state index contributed by atoms with van der Waals surface area (Å²) in [5, 5.41) is 0.548. The van der Waals surface area contributed by atoms with Crippen LogP contribution in [0, 0.1) is 0 Å². The minimum atomic E-state index is -0.0631. The molecule has 0 saturated carbocycles. The Balaban J connectivity index is 1.41. The number of amides is 1. The van der Waals surface area contributed by atoms with Crippen LogP contribution >= 0.6 is 23.5 Å². The summed E-state index contributed by atoms with van der Waals surface area (Å²) in [5.41, 5.74) is 4.14. The number of fused-ring (bicyclic) bond motifs is 2. The molecule has 0 unspecified atom stereocenters. The van der Waals surface area contributed by atoms with E-state index in [2.05, 4.69) is 22.1 Å². The van der Waals surface area contributed by atoms with E-state index in [1.807, 2.05) is 17.0 Å². The summed E-state index contributed by atoms with van der Waals surface area (Å²) in [5.74, 6) is 1.90. The molecule has 1 amide bonds. The SMILES string of the molecule is O=C(CSc1nc2c(c(=O)[nH]1)CSC2)N1CCc2ccccc2C1. The van der Waals surface area contributed by atoms with Crippen molar-refractivity contribution in [2.24, 2.45) is 0 Å². The van der Waals surface area contributed by atoms with Gasteiger partial charge in [-0.05, 0) is 17.5 Å². The van der Waals surface area contributed by atoms with Gasteiger partial charge in [-0.1, -0.05) is 36.0 Å². The van der Waals surface area contributed by atoms with E-state index in [0.29, 0.717) is 17.5 Å². The average molecular weight is 359 g/mol. The second-order valence-corrected chi connectivity index (χ2v) is 7.86. The number of H-pyrrole nitrogens is 1. The third kappa shape index (κ3) is 3.10. The van der Waals surface area contributed by atoms with Crippen molar-refractivity contribution in [2.75, 3.05) is 12.3 Å². The smallest absolute Gasteiger partial charge is 0.255 e. The van der Waals surface area contributed by atoms with Crippen LogP contribution in [0.4, 0.5) is 0 Å². The van der Waals surface area contributed by atoms with Crippen LogP contribution in [0.25, 0.3) is 0 Å². The fraction of sp³-hybridized carbons (Fsp3) is 0.353. The normalized spacial score (nSPS) is 15.9. The van der Waals surface area contributed by atoms with Gasteiger partial charge in [-0.2, -0.15) is 11.8 Å². The number of carbonyl (C=O) groups is 1. The van der Waals surface area contributed by atoms with Gasteiger partial charge in [0.25, 0.3) is 5.56 Å². The van der Waals surface area contributed by atoms with E-state index in [1.54, 1.807) is 11.8 Å². The van der Waals surface area contributed by atoms with Gasteiger partial charge >= 0.3 is 0 Å². The van der Waals surface area contributed by atoms with Gasteiger partial charge in [0, 0.05) is 30.2 Å². The number of nitrogens with zero attached hydrogens (tertiary/aromatic N) is 2. The maximum absolute atomic E-state index is 12.5. The fourth-order valence-corrected chi connectivity index (χ4v) is 4.86. The summed E-state index contributed by atoms with van der Waals surface area (Å²) in [4.78, 5) is 33.6. The Hall–Kier alpha value is -1.73. The minimum Gasteiger partial charge on any atom is -0.337 e. The van der Waals surface area contributed by atoms with E-state index in [-0.39, 0.29) is 11.5 Å². The highest BCUT2D eigenvalue weighted by Crippen LogP contribution is 2.27. The van der Waals surface area contributed by atoms with Crippen LogP contribution in [0.2, 0.25) is 0 Å². The molecule has 2 aliphatic rings. The Bertz CT molecular complexity index is 850. The van der Waals surface area contributed by atoms with Crippen molar-refractivity contribution in [3.05, 3.63) is 57.0 Å². The summed E-state index contributed by atoms with van der Waals surface area (Å²) in [6.45, 7) is 1.42. The predicted molar refractivity (Wildman–Crippen MR) is 96.1 cm³/mol. The van der Waals surface area contributed by atoms with Crippen molar-refractivity contribution >= 4 is 29.4 Å². The van der Waals surface area contributed by atoms with Gasteiger partial charge < -0.3 is 9.88 Å². The number of hydrogen-bond donors (Lipinski definition) is 1. The van der Waals surface area contributed by atoms with Crippen molar-refractivity contribution in [3.63, 3.8) is 0 Å². The molecule has 4 rings (SSSR count). The lowest BCUT2D eigenvalue weighted by Gasteiger charge is -2.28. The molecule has 0 aliphatic carbocycles. The Labute approximate surface area is 148 Å². The average Bonchev–Trinajstić information content (AvgIpc) is 3.08. The number of aromatic nitrogens is 2. The van der Waals surface area contributed by atoms with E-state index in [9.17, 15) is 9.59 Å². The molecule has 7 heteroatoms. The van der Waals surface area contributed by atoms with Crippen molar-refractivity contribution < 1.29 is 4.79 Å². The zero-order valence-corrected chi connectivity index (χ0v) is 14.7. The maximum atomic E-state index is 12.5. The molecule has 0 saturated heterocycles. The van der Waals surface area contributed by atoms with Gasteiger partial charge in [-0.25, -0.2) is 4.98 Å². The molecule has 1 aromatic heterocycles. The van der Waals surface area contributed by atoms with E-state index >= 15 is 0 Å². The van der Waals surface area contributed by atoms with Crippen molar-refractivity contribution in [1.82, 2.24) is 14.9 Å². The van der Waals surface area contributed by atoms with Crippen LogP contribution in [0.3, 0.4) is 0 Å². The largest absolute Gasteiger partial charge is 0.337 e. The van der Waals surface area contributed by atoms with Crippen LogP contribution in [0.5, 0.6) is 0 Å². The third-order valence-electron chi connectivity index (χ3n) is 4.38. The van der Waals surface area contributed by atoms with E-state index in [0.717, 1.165) is 35.7 Å². The Morgan fingerprint density at radius 2 is 2.12 bits per heavy atom. The first-order chi connectivity index (χ1) is 11.7. The topological polar surface area (TPSA) is 66.1 Å². The Morgan fingerprint density at radius 1 is 1.29 bits per heavy atom. The molecular formula is C17H17N3O2S2. The monoisotopic (exact) mass is 359 g/mol. The maximum Gasteiger partial charge on any atom is 0.255 e. The molecule has 0 atom stereocenters. The van der Waals surface area contributed by atoms with E-state index in [1.165, 1.54) is 22.9 Å². The zero-order valence-electron chi connectivity index (χ0n) is 13.1. The van der Waals surface area contributed by atoms with Gasteiger partial charge in [-0.15, -0.1) is 0 Å². The number of carbonyl (C=O) groups excluding carboxylic acids is 1. The van der Waals surface area contributed by atoms with Crippen LogP contribution in [0.15, 0.2) is 34.2 Å². The third-order valence-corrected chi connectivity index (χ3v) is 6.21. The molecule has 2 aromatic rings. The van der Waals surface area contributed by atoms with E-state index < -0.39 is 0 Å². The predicted octanol–water partition coefficient (Wildman–Crippen LogP) is 2.19. The van der Waals surface area contributed by atoms with Gasteiger partial charge in [0.15, 0.2) is 5.16 Å². The number of aromatic amines is 1. The molecule has 0 bridgehead atoms. The first-order valence-corrected chi connectivity index (χ1v) is 10.0. The lowest BCUT2D eigenvalue weighted by molar-refractivity contribution is -0.129. The summed E-state index contributed by atoms with van der Waals surface area (Å²) in [6.07, 6.45) is 0.901. The second kappa shape index (κ2) is 6.64. The quantitative estimate of drug-likeness (QED) is 0.672. The van der Waals surface area contributed by atoms with Crippen LogP contribution in [0.1, 0.15) is 22.4 Å². The standard InChI is InChI=1S/C17H17N3O2S2/c21-15(20-6-5-11-3-1-2-4-12(11)7-20)10-24-17-18-14-9-23-8-13(14)16(22)19-17/h1-4H,5-10H2,(H,18,19,22). The van der Waals surface area contributed by atoms with E-state index in [4.69, 9.17) is 0 Å². The molecule has 3 heterocycles. The summed E-state index contributed by atoms with van der Waals surface area (Å²) >= 11 is 3.02. The van der Waals surface area contributed by atoms with Crippen LogP contribution in [-0.4, -0.2) is 33.1 Å². The summed E-state index contributed by atoms with van der Waals surface area (Å²) in [6, 6.07) is 8.27. The molecule has 0 spiro atoms. The number of thioether (sulfide) groups is 2. The number of hydrogen-bond acceptors (Lipinski definition) is 5. The van der Waals surface area contributed by atoms with Crippen LogP contribution < -0.4 is 5.56 Å². The van der Waals surface area contributed by atoms with Crippen molar-refractivity contribution in [3.8, 4) is 0 Å². The second-order valence-electron chi connectivity index (χ2n) is 5.91. The minimum absolute atomic E-state index is 0.0631.